The van der Waals surface area contributed by atoms with E-state index in [1.807, 2.05) is 20.8 Å². The van der Waals surface area contributed by atoms with Crippen molar-refractivity contribution in [2.24, 2.45) is 5.73 Å². The highest BCUT2D eigenvalue weighted by atomic mass is 16.5. The number of hydrogen-bond donors (Lipinski definition) is 3. The molecule has 90 valence electrons. The second-order valence-corrected chi connectivity index (χ2v) is 4.69. The quantitative estimate of drug-likeness (QED) is 0.729. The summed E-state index contributed by atoms with van der Waals surface area (Å²) in [6.45, 7) is 5.80. The van der Waals surface area contributed by atoms with Crippen molar-refractivity contribution in [1.29, 1.82) is 0 Å². The van der Waals surface area contributed by atoms with Crippen LogP contribution in [0.2, 0.25) is 0 Å². The summed E-state index contributed by atoms with van der Waals surface area (Å²) >= 11 is 0. The molecule has 0 aromatic heterocycles. The van der Waals surface area contributed by atoms with E-state index < -0.39 is 11.7 Å². The highest BCUT2D eigenvalue weighted by Gasteiger charge is 2.16. The van der Waals surface area contributed by atoms with Gasteiger partial charge in [0.05, 0.1) is 6.10 Å². The molecule has 0 saturated heterocycles. The number of benzene rings is 1. The lowest BCUT2D eigenvalue weighted by Gasteiger charge is -2.22. The van der Waals surface area contributed by atoms with Gasteiger partial charge in [-0.1, -0.05) is 6.07 Å². The van der Waals surface area contributed by atoms with Crippen molar-refractivity contribution < 1.29 is 14.9 Å². The van der Waals surface area contributed by atoms with Gasteiger partial charge >= 0.3 is 0 Å². The number of nitrogens with two attached hydrogens (primary N) is 1. The molecule has 0 aliphatic rings. The van der Waals surface area contributed by atoms with Gasteiger partial charge in [0.2, 0.25) is 0 Å². The number of rotatable bonds is 3. The second kappa shape index (κ2) is 4.72. The summed E-state index contributed by atoms with van der Waals surface area (Å²) < 4.78 is 5.57. The minimum absolute atomic E-state index is 0.0582. The molecule has 0 unspecified atom stereocenters. The van der Waals surface area contributed by atoms with Crippen molar-refractivity contribution in [3.05, 3.63) is 23.8 Å². The fraction of sp³-hybridized carbons (Fsp3) is 0.500. The average Bonchev–Trinajstić information content (AvgIpc) is 2.18. The van der Waals surface area contributed by atoms with Crippen LogP contribution in [0.15, 0.2) is 18.2 Å². The van der Waals surface area contributed by atoms with Crippen LogP contribution in [-0.4, -0.2) is 22.4 Å². The van der Waals surface area contributed by atoms with Gasteiger partial charge < -0.3 is 20.7 Å². The molecule has 0 heterocycles. The third-order valence-electron chi connectivity index (χ3n) is 2.01. The first-order valence-corrected chi connectivity index (χ1v) is 5.23. The molecule has 0 saturated carbocycles. The van der Waals surface area contributed by atoms with Crippen LogP contribution < -0.4 is 10.5 Å². The lowest BCUT2D eigenvalue weighted by molar-refractivity contribution is 0.124. The number of aliphatic hydroxyl groups excluding tert-OH is 1. The van der Waals surface area contributed by atoms with Gasteiger partial charge in [-0.05, 0) is 38.5 Å². The normalized spacial score (nSPS) is 13.6. The highest BCUT2D eigenvalue weighted by molar-refractivity contribution is 5.42. The van der Waals surface area contributed by atoms with E-state index in [2.05, 4.69) is 0 Å². The Morgan fingerprint density at radius 1 is 1.38 bits per heavy atom. The summed E-state index contributed by atoms with van der Waals surface area (Å²) in [5.41, 5.74) is 5.61. The first-order valence-electron chi connectivity index (χ1n) is 5.23. The van der Waals surface area contributed by atoms with Gasteiger partial charge in [0.15, 0.2) is 11.5 Å². The maximum absolute atomic E-state index is 9.61. The van der Waals surface area contributed by atoms with Crippen molar-refractivity contribution in [1.82, 2.24) is 0 Å². The molecular weight excluding hydrogens is 206 g/mol. The monoisotopic (exact) mass is 225 g/mol. The van der Waals surface area contributed by atoms with E-state index in [1.165, 1.54) is 6.07 Å². The predicted molar refractivity (Wildman–Crippen MR) is 62.5 cm³/mol. The van der Waals surface area contributed by atoms with Crippen molar-refractivity contribution in [3.63, 3.8) is 0 Å². The van der Waals surface area contributed by atoms with Gasteiger partial charge in [0.1, 0.15) is 5.60 Å². The second-order valence-electron chi connectivity index (χ2n) is 4.69. The number of phenols is 1. The van der Waals surface area contributed by atoms with E-state index >= 15 is 0 Å². The Hall–Kier alpha value is -1.26. The zero-order chi connectivity index (χ0) is 12.3. The number of hydrogen-bond acceptors (Lipinski definition) is 4. The van der Waals surface area contributed by atoms with Crippen LogP contribution in [0, 0.1) is 0 Å². The number of aromatic hydroxyl groups is 1. The molecule has 0 aliphatic heterocycles. The molecule has 16 heavy (non-hydrogen) atoms. The summed E-state index contributed by atoms with van der Waals surface area (Å²) in [4.78, 5) is 0. The van der Waals surface area contributed by atoms with Crippen molar-refractivity contribution in [3.8, 4) is 11.5 Å². The number of aliphatic hydroxyl groups is 1. The van der Waals surface area contributed by atoms with Crippen LogP contribution in [0.25, 0.3) is 0 Å². The summed E-state index contributed by atoms with van der Waals surface area (Å²) in [5.74, 6) is 0.417. The van der Waals surface area contributed by atoms with Crippen LogP contribution in [0.5, 0.6) is 11.5 Å². The maximum Gasteiger partial charge on any atom is 0.162 e. The molecule has 4 N–H and O–H groups in total. The third kappa shape index (κ3) is 3.40. The fourth-order valence-corrected chi connectivity index (χ4v) is 1.29. The van der Waals surface area contributed by atoms with Gasteiger partial charge in [0, 0.05) is 6.54 Å². The fourth-order valence-electron chi connectivity index (χ4n) is 1.29. The largest absolute Gasteiger partial charge is 0.504 e. The number of phenolic OH excluding ortho intramolecular Hbond substituents is 1. The molecule has 0 spiro atoms. The van der Waals surface area contributed by atoms with Crippen LogP contribution in [-0.2, 0) is 0 Å². The van der Waals surface area contributed by atoms with E-state index in [-0.39, 0.29) is 12.3 Å². The Kier molecular flexibility index (Phi) is 3.78. The van der Waals surface area contributed by atoms with Gasteiger partial charge in [-0.2, -0.15) is 0 Å². The predicted octanol–water partition coefficient (Wildman–Crippen LogP) is 1.56. The third-order valence-corrected chi connectivity index (χ3v) is 2.01. The number of ether oxygens (including phenoxy) is 1. The van der Waals surface area contributed by atoms with Crippen LogP contribution >= 0.6 is 0 Å². The van der Waals surface area contributed by atoms with Crippen LogP contribution in [0.4, 0.5) is 0 Å². The van der Waals surface area contributed by atoms with Crippen molar-refractivity contribution in [2.45, 2.75) is 32.5 Å². The van der Waals surface area contributed by atoms with E-state index in [0.717, 1.165) is 0 Å². The first-order chi connectivity index (χ1) is 7.33. The zero-order valence-electron chi connectivity index (χ0n) is 9.90. The Morgan fingerprint density at radius 3 is 2.50 bits per heavy atom. The van der Waals surface area contributed by atoms with Gasteiger partial charge in [-0.3, -0.25) is 0 Å². The van der Waals surface area contributed by atoms with Crippen molar-refractivity contribution in [2.75, 3.05) is 6.54 Å². The SMILES string of the molecule is CC(C)(C)Oc1cc([C@@H](O)CN)ccc1O. The van der Waals surface area contributed by atoms with Gasteiger partial charge in [0.25, 0.3) is 0 Å². The molecule has 1 aromatic carbocycles. The van der Waals surface area contributed by atoms with E-state index in [0.29, 0.717) is 11.3 Å². The topological polar surface area (TPSA) is 75.7 Å². The molecule has 4 heteroatoms. The van der Waals surface area contributed by atoms with Crippen molar-refractivity contribution >= 4 is 0 Å². The molecule has 1 rings (SSSR count). The summed E-state index contributed by atoms with van der Waals surface area (Å²) in [7, 11) is 0. The molecule has 1 aromatic rings. The minimum Gasteiger partial charge on any atom is -0.504 e. The summed E-state index contributed by atoms with van der Waals surface area (Å²) in [6, 6.07) is 4.73. The highest BCUT2D eigenvalue weighted by Crippen LogP contribution is 2.31. The Morgan fingerprint density at radius 2 is 2.00 bits per heavy atom. The lowest BCUT2D eigenvalue weighted by atomic mass is 10.1. The molecule has 0 radical (unpaired) electrons. The lowest BCUT2D eigenvalue weighted by Crippen LogP contribution is -2.23. The molecule has 0 aliphatic carbocycles. The standard InChI is InChI=1S/C12H19NO3/c1-12(2,3)16-11-6-8(10(15)7-13)4-5-9(11)14/h4-6,10,14-15H,7,13H2,1-3H3/t10-/m0/s1. The van der Waals surface area contributed by atoms with Crippen LogP contribution in [0.1, 0.15) is 32.4 Å². The molecule has 4 nitrogen and oxygen atoms in total. The smallest absolute Gasteiger partial charge is 0.162 e. The molecule has 0 fully saturated rings. The average molecular weight is 225 g/mol. The molecular formula is C12H19NO3. The molecule has 0 bridgehead atoms. The molecule has 1 atom stereocenters. The van der Waals surface area contributed by atoms with Crippen LogP contribution in [0.3, 0.4) is 0 Å². The summed E-state index contributed by atoms with van der Waals surface area (Å²) in [6.07, 6.45) is -0.733. The Balaban J connectivity index is 2.99. The summed E-state index contributed by atoms with van der Waals surface area (Å²) in [5, 5.41) is 19.2. The van der Waals surface area contributed by atoms with E-state index in [1.54, 1.807) is 12.1 Å². The molecule has 0 amide bonds. The van der Waals surface area contributed by atoms with E-state index in [9.17, 15) is 10.2 Å². The Labute approximate surface area is 95.7 Å². The van der Waals surface area contributed by atoms with E-state index in [4.69, 9.17) is 10.5 Å². The van der Waals surface area contributed by atoms with Gasteiger partial charge in [-0.15, -0.1) is 0 Å². The maximum atomic E-state index is 9.61. The first kappa shape index (κ1) is 12.8. The zero-order valence-corrected chi connectivity index (χ0v) is 9.90. The minimum atomic E-state index is -0.733. The van der Waals surface area contributed by atoms with Gasteiger partial charge in [-0.25, -0.2) is 0 Å². The Bertz CT molecular complexity index is 358.